The zero-order chi connectivity index (χ0) is 22.5. The second-order valence-corrected chi connectivity index (χ2v) is 7.84. The fourth-order valence-electron chi connectivity index (χ4n) is 3.47. The van der Waals surface area contributed by atoms with Crippen molar-refractivity contribution in [2.45, 2.75) is 20.8 Å². The highest BCUT2D eigenvalue weighted by atomic mass is 16.5. The molecule has 1 saturated heterocycles. The zero-order valence-electron chi connectivity index (χ0n) is 18.6. The molecule has 1 aromatic heterocycles. The van der Waals surface area contributed by atoms with Crippen molar-refractivity contribution in [2.24, 2.45) is 0 Å². The maximum atomic E-state index is 12.3. The average molecular weight is 433 g/mol. The largest absolute Gasteiger partial charge is 0.378 e. The molecule has 4 rings (SSSR count). The van der Waals surface area contributed by atoms with Crippen molar-refractivity contribution in [3.63, 3.8) is 0 Å². The van der Waals surface area contributed by atoms with Crippen molar-refractivity contribution in [3.05, 3.63) is 65.5 Å². The molecule has 0 saturated carbocycles. The van der Waals surface area contributed by atoms with Gasteiger partial charge in [-0.25, -0.2) is 14.8 Å². The Morgan fingerprint density at radius 2 is 1.50 bits per heavy atom. The first kappa shape index (κ1) is 21.6. The summed E-state index contributed by atoms with van der Waals surface area (Å²) in [7, 11) is 0. The minimum absolute atomic E-state index is 0.282. The molecule has 0 unspecified atom stereocenters. The van der Waals surface area contributed by atoms with Gasteiger partial charge in [0.05, 0.1) is 13.2 Å². The molecule has 3 N–H and O–H groups in total. The van der Waals surface area contributed by atoms with E-state index in [9.17, 15) is 4.79 Å². The number of rotatable bonds is 5. The van der Waals surface area contributed by atoms with Crippen LogP contribution in [0.15, 0.2) is 48.5 Å². The molecule has 2 heterocycles. The lowest BCUT2D eigenvalue weighted by molar-refractivity contribution is 0.122. The van der Waals surface area contributed by atoms with Gasteiger partial charge in [-0.15, -0.1) is 0 Å². The van der Waals surface area contributed by atoms with Crippen LogP contribution in [0.3, 0.4) is 0 Å². The molecule has 1 aliphatic heterocycles. The van der Waals surface area contributed by atoms with Crippen LogP contribution < -0.4 is 20.9 Å². The zero-order valence-corrected chi connectivity index (χ0v) is 18.6. The van der Waals surface area contributed by atoms with E-state index in [1.165, 1.54) is 5.56 Å². The summed E-state index contributed by atoms with van der Waals surface area (Å²) in [6.45, 7) is 9.00. The van der Waals surface area contributed by atoms with Gasteiger partial charge in [-0.2, -0.15) is 0 Å². The SMILES string of the molecule is Cc1nc(Nc2ccc(NC(=O)Nc3ccc(C)c(C)c3)cc2)cc(N2CCOCC2)n1. The maximum Gasteiger partial charge on any atom is 0.323 e. The number of aromatic nitrogens is 2. The van der Waals surface area contributed by atoms with Crippen molar-refractivity contribution in [3.8, 4) is 0 Å². The Morgan fingerprint density at radius 1 is 0.844 bits per heavy atom. The normalized spacial score (nSPS) is 13.5. The van der Waals surface area contributed by atoms with E-state index < -0.39 is 0 Å². The Hall–Kier alpha value is -3.65. The number of urea groups is 1. The number of nitrogens with one attached hydrogen (secondary N) is 3. The van der Waals surface area contributed by atoms with E-state index in [0.717, 1.165) is 41.7 Å². The molecule has 0 radical (unpaired) electrons. The smallest absolute Gasteiger partial charge is 0.323 e. The second-order valence-electron chi connectivity index (χ2n) is 7.84. The third-order valence-corrected chi connectivity index (χ3v) is 5.34. The van der Waals surface area contributed by atoms with Crippen molar-refractivity contribution in [2.75, 3.05) is 47.2 Å². The molecule has 0 atom stereocenters. The summed E-state index contributed by atoms with van der Waals surface area (Å²) in [5, 5.41) is 9.03. The molecule has 8 heteroatoms. The molecule has 1 fully saturated rings. The van der Waals surface area contributed by atoms with Crippen LogP contribution in [0.25, 0.3) is 0 Å². The Morgan fingerprint density at radius 3 is 2.22 bits per heavy atom. The van der Waals surface area contributed by atoms with E-state index >= 15 is 0 Å². The monoisotopic (exact) mass is 432 g/mol. The highest BCUT2D eigenvalue weighted by Gasteiger charge is 2.14. The molecule has 0 spiro atoms. The summed E-state index contributed by atoms with van der Waals surface area (Å²) in [5.41, 5.74) is 4.66. The second kappa shape index (κ2) is 9.65. The third-order valence-electron chi connectivity index (χ3n) is 5.34. The van der Waals surface area contributed by atoms with Gasteiger partial charge in [-0.1, -0.05) is 6.07 Å². The molecule has 3 aromatic rings. The Labute approximate surface area is 188 Å². The fraction of sp³-hybridized carbons (Fsp3) is 0.292. The van der Waals surface area contributed by atoms with Crippen LogP contribution in [0, 0.1) is 20.8 Å². The summed E-state index contributed by atoms with van der Waals surface area (Å²) in [4.78, 5) is 23.6. The number of benzene rings is 2. The molecule has 32 heavy (non-hydrogen) atoms. The van der Waals surface area contributed by atoms with E-state index in [1.54, 1.807) is 0 Å². The highest BCUT2D eigenvalue weighted by Crippen LogP contribution is 2.22. The minimum Gasteiger partial charge on any atom is -0.378 e. The standard InChI is InChI=1S/C24H28N6O2/c1-16-4-5-21(14-17(16)2)29-24(31)28-20-8-6-19(7-9-20)27-22-15-23(26-18(3)25-22)30-10-12-32-13-11-30/h4-9,14-15H,10-13H2,1-3H3,(H,25,26,27)(H2,28,29,31). The van der Waals surface area contributed by atoms with Crippen LogP contribution in [-0.2, 0) is 4.74 Å². The number of morpholine rings is 1. The van der Waals surface area contributed by atoms with E-state index in [2.05, 4.69) is 30.8 Å². The van der Waals surface area contributed by atoms with Crippen LogP contribution in [0.4, 0.5) is 33.5 Å². The van der Waals surface area contributed by atoms with E-state index in [1.807, 2.05) is 69.3 Å². The van der Waals surface area contributed by atoms with Crippen LogP contribution in [0.5, 0.6) is 0 Å². The van der Waals surface area contributed by atoms with Gasteiger partial charge in [0.25, 0.3) is 0 Å². The lowest BCUT2D eigenvalue weighted by Gasteiger charge is -2.28. The number of aryl methyl sites for hydroxylation is 3. The van der Waals surface area contributed by atoms with Gasteiger partial charge in [0, 0.05) is 36.2 Å². The van der Waals surface area contributed by atoms with Gasteiger partial charge >= 0.3 is 6.03 Å². The topological polar surface area (TPSA) is 91.4 Å². The predicted molar refractivity (Wildman–Crippen MR) is 128 cm³/mol. The van der Waals surface area contributed by atoms with Crippen LogP contribution in [0.2, 0.25) is 0 Å². The van der Waals surface area contributed by atoms with Crippen molar-refractivity contribution in [1.82, 2.24) is 9.97 Å². The van der Waals surface area contributed by atoms with Gasteiger partial charge in [0.15, 0.2) is 0 Å². The molecule has 8 nitrogen and oxygen atoms in total. The first-order valence-corrected chi connectivity index (χ1v) is 10.7. The van der Waals surface area contributed by atoms with Crippen LogP contribution in [0.1, 0.15) is 17.0 Å². The lowest BCUT2D eigenvalue weighted by Crippen LogP contribution is -2.36. The molecule has 0 aliphatic carbocycles. The maximum absolute atomic E-state index is 12.3. The van der Waals surface area contributed by atoms with Gasteiger partial charge in [-0.3, -0.25) is 0 Å². The molecule has 0 bridgehead atoms. The van der Waals surface area contributed by atoms with Gasteiger partial charge in [0.2, 0.25) is 0 Å². The molecular weight excluding hydrogens is 404 g/mol. The quantitative estimate of drug-likeness (QED) is 0.545. The number of hydrogen-bond donors (Lipinski definition) is 3. The van der Waals surface area contributed by atoms with E-state index in [-0.39, 0.29) is 6.03 Å². The number of ether oxygens (including phenoxy) is 1. The van der Waals surface area contributed by atoms with Crippen LogP contribution in [-0.4, -0.2) is 42.3 Å². The molecular formula is C24H28N6O2. The van der Waals surface area contributed by atoms with E-state index in [0.29, 0.717) is 24.7 Å². The summed E-state index contributed by atoms with van der Waals surface area (Å²) in [5.74, 6) is 2.33. The number of anilines is 5. The molecule has 2 aromatic carbocycles. The molecule has 1 aliphatic rings. The number of hydrogen-bond acceptors (Lipinski definition) is 6. The van der Waals surface area contributed by atoms with Gasteiger partial charge < -0.3 is 25.6 Å². The minimum atomic E-state index is -0.282. The van der Waals surface area contributed by atoms with Crippen molar-refractivity contribution >= 4 is 34.7 Å². The lowest BCUT2D eigenvalue weighted by atomic mass is 10.1. The summed E-state index contributed by atoms with van der Waals surface area (Å²) < 4.78 is 5.42. The van der Waals surface area contributed by atoms with E-state index in [4.69, 9.17) is 4.74 Å². The number of nitrogens with zero attached hydrogens (tertiary/aromatic N) is 3. The summed E-state index contributed by atoms with van der Waals surface area (Å²) in [6, 6.07) is 15.0. The molecule has 2 amide bonds. The Bertz CT molecular complexity index is 1090. The van der Waals surface area contributed by atoms with Crippen molar-refractivity contribution < 1.29 is 9.53 Å². The average Bonchev–Trinajstić information content (AvgIpc) is 2.78. The first-order chi connectivity index (χ1) is 15.5. The summed E-state index contributed by atoms with van der Waals surface area (Å²) in [6.07, 6.45) is 0. The Kier molecular flexibility index (Phi) is 6.51. The van der Waals surface area contributed by atoms with Crippen LogP contribution >= 0.6 is 0 Å². The Balaban J connectivity index is 1.38. The fourth-order valence-corrected chi connectivity index (χ4v) is 3.47. The molecule has 166 valence electrons. The number of carbonyl (C=O) groups is 1. The van der Waals surface area contributed by atoms with Crippen molar-refractivity contribution in [1.29, 1.82) is 0 Å². The highest BCUT2D eigenvalue weighted by molar-refractivity contribution is 5.99. The van der Waals surface area contributed by atoms with Gasteiger partial charge in [-0.05, 0) is 68.3 Å². The number of carbonyl (C=O) groups excluding carboxylic acids is 1. The summed E-state index contributed by atoms with van der Waals surface area (Å²) >= 11 is 0. The first-order valence-electron chi connectivity index (χ1n) is 10.7. The predicted octanol–water partition coefficient (Wildman–Crippen LogP) is 4.63. The third kappa shape index (κ3) is 5.53. The van der Waals surface area contributed by atoms with Gasteiger partial charge in [0.1, 0.15) is 17.5 Å². The number of amides is 2.